The number of likely N-dealkylation sites (tertiary alicyclic amines) is 1. The SMILES string of the molecule is Cc1cnc(NC2CCN(c3ccc(CN4CCC(F)(c5ccc6c(c5)CN(C5CCC(=O)NC5=O)C6=O)CC4)cc3)CC2)nc1. The molecule has 0 saturated carbocycles. The van der Waals surface area contributed by atoms with E-state index in [1.165, 1.54) is 16.2 Å². The van der Waals surface area contributed by atoms with Crippen molar-refractivity contribution in [1.82, 2.24) is 25.1 Å². The molecule has 5 heterocycles. The quantitative estimate of drug-likeness (QED) is 0.378. The van der Waals surface area contributed by atoms with Gasteiger partial charge in [-0.25, -0.2) is 14.4 Å². The molecule has 2 aromatic carbocycles. The number of benzene rings is 2. The van der Waals surface area contributed by atoms with E-state index in [4.69, 9.17) is 0 Å². The summed E-state index contributed by atoms with van der Waals surface area (Å²) in [5.74, 6) is -0.299. The molecule has 10 nitrogen and oxygen atoms in total. The van der Waals surface area contributed by atoms with Crippen molar-refractivity contribution in [3.05, 3.63) is 82.7 Å². The van der Waals surface area contributed by atoms with E-state index < -0.39 is 17.6 Å². The lowest BCUT2D eigenvalue weighted by Crippen LogP contribution is -2.52. The van der Waals surface area contributed by atoms with E-state index in [2.05, 4.69) is 54.7 Å². The van der Waals surface area contributed by atoms with Crippen LogP contribution in [0.3, 0.4) is 0 Å². The summed E-state index contributed by atoms with van der Waals surface area (Å²) in [4.78, 5) is 52.0. The normalized spacial score (nSPS) is 22.1. The van der Waals surface area contributed by atoms with Gasteiger partial charge in [0.15, 0.2) is 0 Å². The van der Waals surface area contributed by atoms with Gasteiger partial charge in [-0.3, -0.25) is 24.6 Å². The Morgan fingerprint density at radius 3 is 2.37 bits per heavy atom. The third-order valence-electron chi connectivity index (χ3n) is 10.0. The summed E-state index contributed by atoms with van der Waals surface area (Å²) in [5.41, 5.74) is 3.88. The molecule has 1 unspecified atom stereocenters. The number of fused-ring (bicyclic) bond motifs is 1. The maximum atomic E-state index is 16.3. The number of carbonyl (C=O) groups is 3. The summed E-state index contributed by atoms with van der Waals surface area (Å²) in [6, 6.07) is 13.7. The Morgan fingerprint density at radius 1 is 0.957 bits per heavy atom. The van der Waals surface area contributed by atoms with Crippen LogP contribution in [0.4, 0.5) is 16.0 Å². The van der Waals surface area contributed by atoms with Gasteiger partial charge in [0.25, 0.3) is 5.91 Å². The molecule has 4 aliphatic heterocycles. The van der Waals surface area contributed by atoms with Crippen molar-refractivity contribution in [2.75, 3.05) is 36.4 Å². The smallest absolute Gasteiger partial charge is 0.255 e. The number of amides is 3. The van der Waals surface area contributed by atoms with Crippen molar-refractivity contribution in [2.24, 2.45) is 0 Å². The van der Waals surface area contributed by atoms with E-state index in [0.717, 1.165) is 43.6 Å². The highest BCUT2D eigenvalue weighted by atomic mass is 19.1. The van der Waals surface area contributed by atoms with Gasteiger partial charge in [0, 0.05) is 75.4 Å². The molecule has 3 aromatic rings. The molecule has 1 aromatic heterocycles. The molecule has 11 heteroatoms. The van der Waals surface area contributed by atoms with Crippen molar-refractivity contribution in [3.8, 4) is 0 Å². The van der Waals surface area contributed by atoms with E-state index in [0.29, 0.717) is 55.5 Å². The second-order valence-corrected chi connectivity index (χ2v) is 13.2. The van der Waals surface area contributed by atoms with Gasteiger partial charge in [0.2, 0.25) is 17.8 Å². The van der Waals surface area contributed by atoms with Gasteiger partial charge in [-0.05, 0) is 79.5 Å². The van der Waals surface area contributed by atoms with E-state index in [-0.39, 0.29) is 24.8 Å². The molecular weight excluding hydrogens is 585 g/mol. The Kier molecular flexibility index (Phi) is 8.18. The van der Waals surface area contributed by atoms with E-state index >= 15 is 4.39 Å². The molecular formula is C35H40FN7O3. The zero-order valence-corrected chi connectivity index (χ0v) is 26.2. The summed E-state index contributed by atoms with van der Waals surface area (Å²) in [5, 5.41) is 5.79. The number of hydrogen-bond donors (Lipinski definition) is 2. The highest BCUT2D eigenvalue weighted by molar-refractivity contribution is 6.05. The lowest BCUT2D eigenvalue weighted by Gasteiger charge is -2.37. The minimum Gasteiger partial charge on any atom is -0.371 e. The van der Waals surface area contributed by atoms with Crippen molar-refractivity contribution in [2.45, 2.75) is 76.3 Å². The molecule has 0 bridgehead atoms. The van der Waals surface area contributed by atoms with E-state index in [1.807, 2.05) is 25.4 Å². The van der Waals surface area contributed by atoms with Crippen LogP contribution >= 0.6 is 0 Å². The van der Waals surface area contributed by atoms with Crippen LogP contribution < -0.4 is 15.5 Å². The van der Waals surface area contributed by atoms with Crippen LogP contribution in [0.1, 0.15) is 71.1 Å². The maximum Gasteiger partial charge on any atom is 0.255 e. The first kappa shape index (κ1) is 30.3. The van der Waals surface area contributed by atoms with Crippen LogP contribution in [0.5, 0.6) is 0 Å². The average Bonchev–Trinajstić information content (AvgIpc) is 3.39. The van der Waals surface area contributed by atoms with Crippen LogP contribution in [0.15, 0.2) is 54.9 Å². The number of carbonyl (C=O) groups excluding carboxylic acids is 3. The molecule has 2 N–H and O–H groups in total. The maximum absolute atomic E-state index is 16.3. The fraction of sp³-hybridized carbons (Fsp3) is 0.457. The van der Waals surface area contributed by atoms with Crippen molar-refractivity contribution in [3.63, 3.8) is 0 Å². The Bertz CT molecular complexity index is 1610. The number of aromatic nitrogens is 2. The largest absolute Gasteiger partial charge is 0.371 e. The fourth-order valence-corrected chi connectivity index (χ4v) is 7.21. The summed E-state index contributed by atoms with van der Waals surface area (Å²) in [6.45, 7) is 6.24. The minimum absolute atomic E-state index is 0.207. The molecule has 3 fully saturated rings. The molecule has 4 aliphatic rings. The van der Waals surface area contributed by atoms with Gasteiger partial charge in [-0.15, -0.1) is 0 Å². The van der Waals surface area contributed by atoms with E-state index in [1.54, 1.807) is 12.1 Å². The number of alkyl halides is 1. The highest BCUT2D eigenvalue weighted by Crippen LogP contribution is 2.40. The number of nitrogens with zero attached hydrogens (tertiary/aromatic N) is 5. The molecule has 7 rings (SSSR count). The van der Waals surface area contributed by atoms with Crippen molar-refractivity contribution in [1.29, 1.82) is 0 Å². The van der Waals surface area contributed by atoms with Gasteiger partial charge in [0.05, 0.1) is 0 Å². The molecule has 1 atom stereocenters. The van der Waals surface area contributed by atoms with Crippen molar-refractivity contribution < 1.29 is 18.8 Å². The Hall–Kier alpha value is -4.38. The number of halogens is 1. The number of nitrogens with one attached hydrogen (secondary N) is 2. The van der Waals surface area contributed by atoms with Gasteiger partial charge in [0.1, 0.15) is 11.7 Å². The number of anilines is 2. The van der Waals surface area contributed by atoms with Crippen LogP contribution in [0.2, 0.25) is 0 Å². The molecule has 3 amide bonds. The van der Waals surface area contributed by atoms with E-state index in [9.17, 15) is 14.4 Å². The minimum atomic E-state index is -1.47. The first-order chi connectivity index (χ1) is 22.2. The Balaban J connectivity index is 0.903. The molecule has 0 spiro atoms. The predicted molar refractivity (Wildman–Crippen MR) is 172 cm³/mol. The second kappa shape index (κ2) is 12.4. The number of hydrogen-bond acceptors (Lipinski definition) is 8. The summed E-state index contributed by atoms with van der Waals surface area (Å²) in [7, 11) is 0. The first-order valence-electron chi connectivity index (χ1n) is 16.3. The lowest BCUT2D eigenvalue weighted by molar-refractivity contribution is -0.136. The number of piperidine rings is 3. The van der Waals surface area contributed by atoms with Crippen LogP contribution in [-0.2, 0) is 28.3 Å². The lowest BCUT2D eigenvalue weighted by atomic mass is 9.84. The molecule has 0 aliphatic carbocycles. The molecule has 3 saturated heterocycles. The summed E-state index contributed by atoms with van der Waals surface area (Å²) in [6.07, 6.45) is 7.00. The topological polar surface area (TPSA) is 111 Å². The zero-order chi connectivity index (χ0) is 31.8. The van der Waals surface area contributed by atoms with Crippen LogP contribution in [0.25, 0.3) is 0 Å². The van der Waals surface area contributed by atoms with Gasteiger partial charge in [-0.1, -0.05) is 24.3 Å². The third-order valence-corrected chi connectivity index (χ3v) is 10.0. The fourth-order valence-electron chi connectivity index (χ4n) is 7.21. The van der Waals surface area contributed by atoms with Gasteiger partial charge in [-0.2, -0.15) is 0 Å². The first-order valence-corrected chi connectivity index (χ1v) is 16.3. The molecule has 0 radical (unpaired) electrons. The molecule has 240 valence electrons. The highest BCUT2D eigenvalue weighted by Gasteiger charge is 2.41. The van der Waals surface area contributed by atoms with Crippen LogP contribution in [-0.4, -0.2) is 75.8 Å². The monoisotopic (exact) mass is 625 g/mol. The summed E-state index contributed by atoms with van der Waals surface area (Å²) >= 11 is 0. The number of aryl methyl sites for hydroxylation is 1. The number of rotatable bonds is 7. The Labute approximate surface area is 268 Å². The Morgan fingerprint density at radius 2 is 1.67 bits per heavy atom. The molecule has 46 heavy (non-hydrogen) atoms. The average molecular weight is 626 g/mol. The zero-order valence-electron chi connectivity index (χ0n) is 26.2. The number of imide groups is 1. The second-order valence-electron chi connectivity index (χ2n) is 13.2. The van der Waals surface area contributed by atoms with Crippen LogP contribution in [0, 0.1) is 6.92 Å². The third kappa shape index (κ3) is 6.20. The van der Waals surface area contributed by atoms with Gasteiger partial charge < -0.3 is 15.1 Å². The van der Waals surface area contributed by atoms with Crippen molar-refractivity contribution >= 4 is 29.4 Å². The predicted octanol–water partition coefficient (Wildman–Crippen LogP) is 4.09. The summed E-state index contributed by atoms with van der Waals surface area (Å²) < 4.78 is 16.3. The standard InChI is InChI=1S/C35H40FN7O3/c1-23-19-37-34(38-20-23)39-27-10-14-42(15-11-27)28-5-2-24(3-6-28)21-41-16-12-35(36,13-17-41)26-4-7-29-25(18-26)22-43(33(29)46)30-8-9-31(44)40-32(30)45/h2-7,18-20,27,30H,8-17,21-22H2,1H3,(H,37,38,39)(H,40,44,45). The van der Waals surface area contributed by atoms with Gasteiger partial charge >= 0.3 is 0 Å².